The number of nitrogens with zero attached hydrogens (tertiary/aromatic N) is 1. The summed E-state index contributed by atoms with van der Waals surface area (Å²) < 4.78 is 11.7. The third kappa shape index (κ3) is 7.05. The lowest BCUT2D eigenvalue weighted by atomic mass is 10.2. The summed E-state index contributed by atoms with van der Waals surface area (Å²) >= 11 is 0. The predicted octanol–water partition coefficient (Wildman–Crippen LogP) is 3.07. The molecule has 0 aliphatic heterocycles. The summed E-state index contributed by atoms with van der Waals surface area (Å²) in [5.74, 6) is 1.68. The molecule has 1 amide bonds. The van der Waals surface area contributed by atoms with Gasteiger partial charge in [-0.15, -0.1) is 0 Å². The molecule has 4 nitrogen and oxygen atoms in total. The molecule has 1 unspecified atom stereocenters. The number of hydrogen-bond acceptors (Lipinski definition) is 3. The maximum absolute atomic E-state index is 11.8. The van der Waals surface area contributed by atoms with E-state index in [0.29, 0.717) is 41.5 Å². The van der Waals surface area contributed by atoms with Crippen LogP contribution in [-0.4, -0.2) is 21.6 Å². The number of carbonyl (C=O) groups excluding carboxylic acids is 1. The van der Waals surface area contributed by atoms with E-state index in [0.717, 1.165) is 6.42 Å². The van der Waals surface area contributed by atoms with Crippen molar-refractivity contribution in [3.63, 3.8) is 0 Å². The molecule has 1 rings (SSSR count). The van der Waals surface area contributed by atoms with Gasteiger partial charge in [-0.1, -0.05) is 26.0 Å². The summed E-state index contributed by atoms with van der Waals surface area (Å²) in [5, 5.41) is 11.7. The van der Waals surface area contributed by atoms with Gasteiger partial charge in [-0.2, -0.15) is 5.26 Å². The second-order valence-corrected chi connectivity index (χ2v) is 7.04. The Morgan fingerprint density at radius 3 is 2.71 bits per heavy atom. The minimum Gasteiger partial charge on any atom is -0.325 e. The van der Waals surface area contributed by atoms with Gasteiger partial charge in [0, 0.05) is 28.7 Å². The molecule has 1 N–H and O–H groups in total. The molecule has 0 bridgehead atoms. The van der Waals surface area contributed by atoms with Gasteiger partial charge in [0.1, 0.15) is 6.07 Å². The van der Waals surface area contributed by atoms with Gasteiger partial charge in [0.15, 0.2) is 0 Å². The molecule has 21 heavy (non-hydrogen) atoms. The molecule has 0 saturated heterocycles. The lowest BCUT2D eigenvalue weighted by Gasteiger charge is -2.07. The highest BCUT2D eigenvalue weighted by Gasteiger charge is 2.08. The SMILES string of the molecule is CC(C)CCS(=O)CCCC(=O)Nc1ccccc1C#N. The van der Waals surface area contributed by atoms with Crippen molar-refractivity contribution >= 4 is 22.4 Å². The summed E-state index contributed by atoms with van der Waals surface area (Å²) in [7, 11) is -0.842. The normalized spacial score (nSPS) is 11.9. The van der Waals surface area contributed by atoms with Crippen LogP contribution in [0.1, 0.15) is 38.7 Å². The van der Waals surface area contributed by atoms with E-state index in [1.807, 2.05) is 6.07 Å². The highest BCUT2D eigenvalue weighted by Crippen LogP contribution is 2.14. The zero-order valence-corrected chi connectivity index (χ0v) is 13.4. The number of para-hydroxylation sites is 1. The predicted molar refractivity (Wildman–Crippen MR) is 86.4 cm³/mol. The van der Waals surface area contributed by atoms with Gasteiger partial charge >= 0.3 is 0 Å². The lowest BCUT2D eigenvalue weighted by molar-refractivity contribution is -0.116. The van der Waals surface area contributed by atoms with Gasteiger partial charge in [-0.3, -0.25) is 9.00 Å². The molecule has 5 heteroatoms. The fourth-order valence-electron chi connectivity index (χ4n) is 1.77. The van der Waals surface area contributed by atoms with E-state index < -0.39 is 10.8 Å². The van der Waals surface area contributed by atoms with Crippen molar-refractivity contribution in [2.75, 3.05) is 16.8 Å². The second kappa shape index (κ2) is 9.30. The maximum atomic E-state index is 11.8. The van der Waals surface area contributed by atoms with E-state index in [9.17, 15) is 9.00 Å². The average molecular weight is 306 g/mol. The summed E-state index contributed by atoms with van der Waals surface area (Å²) in [6.07, 6.45) is 1.88. The minimum absolute atomic E-state index is 0.140. The van der Waals surface area contributed by atoms with Crippen LogP contribution in [0.2, 0.25) is 0 Å². The Hall–Kier alpha value is -1.67. The Kier molecular flexibility index (Phi) is 7.70. The number of hydrogen-bond donors (Lipinski definition) is 1. The van der Waals surface area contributed by atoms with Gasteiger partial charge in [0.2, 0.25) is 5.91 Å². The smallest absolute Gasteiger partial charge is 0.224 e. The zero-order chi connectivity index (χ0) is 15.7. The summed E-state index contributed by atoms with van der Waals surface area (Å²) in [4.78, 5) is 11.8. The van der Waals surface area contributed by atoms with Crippen LogP contribution in [0, 0.1) is 17.2 Å². The fourth-order valence-corrected chi connectivity index (χ4v) is 3.17. The number of benzene rings is 1. The molecule has 0 aliphatic carbocycles. The number of anilines is 1. The van der Waals surface area contributed by atoms with Crippen LogP contribution in [0.3, 0.4) is 0 Å². The average Bonchev–Trinajstić information content (AvgIpc) is 2.45. The van der Waals surface area contributed by atoms with Crippen molar-refractivity contribution in [2.45, 2.75) is 33.1 Å². The first-order valence-corrected chi connectivity index (χ1v) is 8.65. The number of rotatable bonds is 8. The van der Waals surface area contributed by atoms with E-state index in [-0.39, 0.29) is 5.91 Å². The van der Waals surface area contributed by atoms with Crippen LogP contribution < -0.4 is 5.32 Å². The van der Waals surface area contributed by atoms with Crippen molar-refractivity contribution < 1.29 is 9.00 Å². The Labute approximate surface area is 129 Å². The molecule has 0 heterocycles. The van der Waals surface area contributed by atoms with Crippen LogP contribution in [0.25, 0.3) is 0 Å². The van der Waals surface area contributed by atoms with Crippen molar-refractivity contribution in [3.05, 3.63) is 29.8 Å². The quantitative estimate of drug-likeness (QED) is 0.802. The molecule has 1 aromatic carbocycles. The third-order valence-corrected chi connectivity index (χ3v) is 4.46. The molecule has 0 radical (unpaired) electrons. The van der Waals surface area contributed by atoms with E-state index >= 15 is 0 Å². The Morgan fingerprint density at radius 2 is 2.05 bits per heavy atom. The summed E-state index contributed by atoms with van der Waals surface area (Å²) in [5.41, 5.74) is 0.984. The molecule has 1 aromatic rings. The van der Waals surface area contributed by atoms with Gasteiger partial charge in [-0.25, -0.2) is 0 Å². The first-order chi connectivity index (χ1) is 10.0. The Balaban J connectivity index is 2.32. The maximum Gasteiger partial charge on any atom is 0.224 e. The van der Waals surface area contributed by atoms with Gasteiger partial charge in [-0.05, 0) is 30.9 Å². The van der Waals surface area contributed by atoms with Gasteiger partial charge < -0.3 is 5.32 Å². The Morgan fingerprint density at radius 1 is 1.33 bits per heavy atom. The minimum atomic E-state index is -0.842. The molecule has 0 aromatic heterocycles. The molecular weight excluding hydrogens is 284 g/mol. The molecule has 114 valence electrons. The summed E-state index contributed by atoms with van der Waals surface area (Å²) in [6.45, 7) is 4.22. The number of carbonyl (C=O) groups is 1. The van der Waals surface area contributed by atoms with Crippen molar-refractivity contribution in [1.82, 2.24) is 0 Å². The van der Waals surface area contributed by atoms with E-state index in [1.54, 1.807) is 24.3 Å². The molecule has 1 atom stereocenters. The topological polar surface area (TPSA) is 70.0 Å². The van der Waals surface area contributed by atoms with Crippen molar-refractivity contribution in [1.29, 1.82) is 5.26 Å². The standard InChI is InChI=1S/C16H22N2O2S/c1-13(2)9-11-21(20)10-5-8-16(19)18-15-7-4-3-6-14(15)12-17/h3-4,6-7,13H,5,8-11H2,1-2H3,(H,18,19). The number of nitrogens with one attached hydrogen (secondary N) is 1. The van der Waals surface area contributed by atoms with Crippen molar-refractivity contribution in [3.8, 4) is 6.07 Å². The number of nitriles is 1. The first-order valence-electron chi connectivity index (χ1n) is 7.17. The molecule has 0 saturated carbocycles. The number of amides is 1. The van der Waals surface area contributed by atoms with Crippen LogP contribution in [0.15, 0.2) is 24.3 Å². The molecular formula is C16H22N2O2S. The van der Waals surface area contributed by atoms with Crippen LogP contribution in [0.5, 0.6) is 0 Å². The van der Waals surface area contributed by atoms with Crippen molar-refractivity contribution in [2.24, 2.45) is 5.92 Å². The lowest BCUT2D eigenvalue weighted by Crippen LogP contribution is -2.14. The summed E-state index contributed by atoms with van der Waals surface area (Å²) in [6, 6.07) is 8.94. The largest absolute Gasteiger partial charge is 0.325 e. The molecule has 0 aliphatic rings. The van der Waals surface area contributed by atoms with E-state index in [4.69, 9.17) is 5.26 Å². The van der Waals surface area contributed by atoms with Crippen LogP contribution >= 0.6 is 0 Å². The van der Waals surface area contributed by atoms with E-state index in [1.165, 1.54) is 0 Å². The Bertz CT molecular complexity index is 535. The van der Waals surface area contributed by atoms with Gasteiger partial charge in [0.25, 0.3) is 0 Å². The fraction of sp³-hybridized carbons (Fsp3) is 0.500. The van der Waals surface area contributed by atoms with Gasteiger partial charge in [0.05, 0.1) is 11.3 Å². The molecule has 0 spiro atoms. The highest BCUT2D eigenvalue weighted by molar-refractivity contribution is 7.84. The third-order valence-electron chi connectivity index (χ3n) is 3.02. The van der Waals surface area contributed by atoms with Crippen LogP contribution in [0.4, 0.5) is 5.69 Å². The van der Waals surface area contributed by atoms with E-state index in [2.05, 4.69) is 19.2 Å². The monoisotopic (exact) mass is 306 g/mol. The second-order valence-electron chi connectivity index (χ2n) is 5.34. The highest BCUT2D eigenvalue weighted by atomic mass is 32.2. The van der Waals surface area contributed by atoms with Crippen LogP contribution in [-0.2, 0) is 15.6 Å². The first kappa shape index (κ1) is 17.4. The zero-order valence-electron chi connectivity index (χ0n) is 12.6. The molecule has 0 fully saturated rings.